The molecule has 1 aromatic heterocycles. The van der Waals surface area contributed by atoms with Crippen LogP contribution >= 0.6 is 22.9 Å². The summed E-state index contributed by atoms with van der Waals surface area (Å²) >= 11 is 7.49. The Morgan fingerprint density at radius 2 is 2.17 bits per heavy atom. The Hall–Kier alpha value is -0.580. The molecule has 1 aromatic rings. The summed E-state index contributed by atoms with van der Waals surface area (Å²) in [6, 6.07) is 2.71. The number of rotatable bonds is 3. The van der Waals surface area contributed by atoms with Gasteiger partial charge in [-0.3, -0.25) is 4.79 Å². The summed E-state index contributed by atoms with van der Waals surface area (Å²) < 4.78 is 0. The van der Waals surface area contributed by atoms with Gasteiger partial charge in [-0.15, -0.1) is 11.3 Å². The van der Waals surface area contributed by atoms with Gasteiger partial charge in [0.15, 0.2) is 0 Å². The zero-order valence-corrected chi connectivity index (χ0v) is 12.4. The summed E-state index contributed by atoms with van der Waals surface area (Å²) in [6.45, 7) is 5.87. The first-order chi connectivity index (χ1) is 8.54. The van der Waals surface area contributed by atoms with Gasteiger partial charge < -0.3 is 10.2 Å². The van der Waals surface area contributed by atoms with Crippen molar-refractivity contribution in [3.05, 3.63) is 21.3 Å². The predicted octanol–water partition coefficient (Wildman–Crippen LogP) is 2.54. The fourth-order valence-corrected chi connectivity index (χ4v) is 3.48. The van der Waals surface area contributed by atoms with E-state index in [2.05, 4.69) is 19.2 Å². The van der Waals surface area contributed by atoms with Gasteiger partial charge in [0, 0.05) is 41.9 Å². The standard InChI is InChI=1S/C13H19ClN2OS/c1-9-6-16(7-10(2)15-9)13(17)4-3-12-5-11(14)8-18-12/h5,8-10,15H,3-4,6-7H2,1-2H3. The van der Waals surface area contributed by atoms with Crippen molar-refractivity contribution in [2.75, 3.05) is 13.1 Å². The number of carbonyl (C=O) groups excluding carboxylic acids is 1. The van der Waals surface area contributed by atoms with Crippen LogP contribution < -0.4 is 5.32 Å². The molecule has 2 heterocycles. The first-order valence-corrected chi connectivity index (χ1v) is 7.57. The van der Waals surface area contributed by atoms with Gasteiger partial charge in [0.2, 0.25) is 5.91 Å². The number of nitrogens with zero attached hydrogens (tertiary/aromatic N) is 1. The van der Waals surface area contributed by atoms with Gasteiger partial charge in [-0.25, -0.2) is 0 Å². The average molecular weight is 287 g/mol. The van der Waals surface area contributed by atoms with E-state index in [0.29, 0.717) is 18.5 Å². The minimum atomic E-state index is 0.250. The molecule has 1 amide bonds. The highest BCUT2D eigenvalue weighted by Gasteiger charge is 2.24. The van der Waals surface area contributed by atoms with Crippen molar-refractivity contribution in [1.82, 2.24) is 10.2 Å². The molecule has 100 valence electrons. The summed E-state index contributed by atoms with van der Waals surface area (Å²) in [5, 5.41) is 6.12. The molecule has 1 fully saturated rings. The van der Waals surface area contributed by atoms with E-state index in [1.165, 1.54) is 4.88 Å². The molecule has 3 nitrogen and oxygen atoms in total. The van der Waals surface area contributed by atoms with E-state index in [1.807, 2.05) is 16.3 Å². The fraction of sp³-hybridized carbons (Fsp3) is 0.615. The zero-order valence-electron chi connectivity index (χ0n) is 10.8. The van der Waals surface area contributed by atoms with Gasteiger partial charge in [0.05, 0.1) is 5.02 Å². The fourth-order valence-electron chi connectivity index (χ4n) is 2.40. The van der Waals surface area contributed by atoms with Crippen LogP contribution in [0.2, 0.25) is 5.02 Å². The normalized spacial score (nSPS) is 24.3. The molecule has 18 heavy (non-hydrogen) atoms. The third-order valence-corrected chi connectivity index (χ3v) is 4.46. The lowest BCUT2D eigenvalue weighted by atomic mass is 10.1. The summed E-state index contributed by atoms with van der Waals surface area (Å²) in [5.41, 5.74) is 0. The SMILES string of the molecule is CC1CN(C(=O)CCc2cc(Cl)cs2)CC(C)N1. The lowest BCUT2D eigenvalue weighted by molar-refractivity contribution is -0.132. The van der Waals surface area contributed by atoms with Crippen LogP contribution in [0.25, 0.3) is 0 Å². The Morgan fingerprint density at radius 1 is 1.50 bits per heavy atom. The molecule has 0 aliphatic carbocycles. The van der Waals surface area contributed by atoms with Gasteiger partial charge in [0.25, 0.3) is 0 Å². The van der Waals surface area contributed by atoms with E-state index in [1.54, 1.807) is 11.3 Å². The Bertz CT molecular complexity index is 411. The van der Waals surface area contributed by atoms with Crippen LogP contribution in [-0.4, -0.2) is 36.0 Å². The molecule has 0 bridgehead atoms. The van der Waals surface area contributed by atoms with E-state index >= 15 is 0 Å². The van der Waals surface area contributed by atoms with Crippen molar-refractivity contribution in [2.45, 2.75) is 38.8 Å². The lowest BCUT2D eigenvalue weighted by Crippen LogP contribution is -2.55. The van der Waals surface area contributed by atoms with Gasteiger partial charge in [-0.2, -0.15) is 0 Å². The third kappa shape index (κ3) is 3.70. The first kappa shape index (κ1) is 13.8. The Balaban J connectivity index is 1.84. The summed E-state index contributed by atoms with van der Waals surface area (Å²) in [7, 11) is 0. The molecular weight excluding hydrogens is 268 g/mol. The first-order valence-electron chi connectivity index (χ1n) is 6.31. The van der Waals surface area contributed by atoms with Crippen molar-refractivity contribution in [1.29, 1.82) is 0 Å². The number of aryl methyl sites for hydroxylation is 1. The number of thiophene rings is 1. The highest BCUT2D eigenvalue weighted by atomic mass is 35.5. The van der Waals surface area contributed by atoms with Crippen LogP contribution in [0, 0.1) is 0 Å². The summed E-state index contributed by atoms with van der Waals surface area (Å²) in [4.78, 5) is 15.3. The molecule has 0 aromatic carbocycles. The van der Waals surface area contributed by atoms with Crippen LogP contribution in [0.5, 0.6) is 0 Å². The molecule has 1 N–H and O–H groups in total. The van der Waals surface area contributed by atoms with E-state index in [0.717, 1.165) is 24.5 Å². The van der Waals surface area contributed by atoms with Gasteiger partial charge in [-0.1, -0.05) is 11.6 Å². The van der Waals surface area contributed by atoms with Gasteiger partial charge in [0.1, 0.15) is 0 Å². The maximum Gasteiger partial charge on any atom is 0.223 e. The van der Waals surface area contributed by atoms with Crippen molar-refractivity contribution >= 4 is 28.8 Å². The van der Waals surface area contributed by atoms with Crippen LogP contribution in [0.1, 0.15) is 25.1 Å². The van der Waals surface area contributed by atoms with Crippen LogP contribution in [-0.2, 0) is 11.2 Å². The van der Waals surface area contributed by atoms with Crippen molar-refractivity contribution < 1.29 is 4.79 Å². The number of nitrogens with one attached hydrogen (secondary N) is 1. The summed E-state index contributed by atoms with van der Waals surface area (Å²) in [5.74, 6) is 0.250. The molecule has 0 radical (unpaired) electrons. The highest BCUT2D eigenvalue weighted by Crippen LogP contribution is 2.20. The molecular formula is C13H19ClN2OS. The minimum absolute atomic E-state index is 0.250. The number of amides is 1. The summed E-state index contributed by atoms with van der Waals surface area (Å²) in [6.07, 6.45) is 1.37. The largest absolute Gasteiger partial charge is 0.340 e. The van der Waals surface area contributed by atoms with E-state index in [-0.39, 0.29) is 5.91 Å². The van der Waals surface area contributed by atoms with E-state index in [9.17, 15) is 4.79 Å². The number of carbonyl (C=O) groups is 1. The predicted molar refractivity (Wildman–Crippen MR) is 76.3 cm³/mol. The molecule has 0 saturated carbocycles. The van der Waals surface area contributed by atoms with Crippen molar-refractivity contribution in [3.63, 3.8) is 0 Å². The van der Waals surface area contributed by atoms with Crippen molar-refractivity contribution in [2.24, 2.45) is 0 Å². The molecule has 1 aliphatic heterocycles. The number of hydrogen-bond donors (Lipinski definition) is 1. The molecule has 1 saturated heterocycles. The van der Waals surface area contributed by atoms with Crippen molar-refractivity contribution in [3.8, 4) is 0 Å². The molecule has 2 rings (SSSR count). The monoisotopic (exact) mass is 286 g/mol. The second-order valence-corrected chi connectivity index (χ2v) is 6.43. The van der Waals surface area contributed by atoms with Gasteiger partial charge >= 0.3 is 0 Å². The highest BCUT2D eigenvalue weighted by molar-refractivity contribution is 7.10. The second kappa shape index (κ2) is 6.04. The molecule has 0 spiro atoms. The van der Waals surface area contributed by atoms with E-state index < -0.39 is 0 Å². The zero-order chi connectivity index (χ0) is 13.1. The van der Waals surface area contributed by atoms with Gasteiger partial charge in [-0.05, 0) is 26.3 Å². The second-order valence-electron chi connectivity index (χ2n) is 5.00. The Morgan fingerprint density at radius 3 is 2.72 bits per heavy atom. The maximum absolute atomic E-state index is 12.1. The van der Waals surface area contributed by atoms with Crippen LogP contribution in [0.3, 0.4) is 0 Å². The molecule has 1 aliphatic rings. The molecule has 5 heteroatoms. The lowest BCUT2D eigenvalue weighted by Gasteiger charge is -2.36. The Kier molecular flexibility index (Phi) is 4.65. The topological polar surface area (TPSA) is 32.3 Å². The quantitative estimate of drug-likeness (QED) is 0.926. The average Bonchev–Trinajstić information content (AvgIpc) is 2.70. The number of piperazine rings is 1. The van der Waals surface area contributed by atoms with E-state index in [4.69, 9.17) is 11.6 Å². The molecule has 2 atom stereocenters. The minimum Gasteiger partial charge on any atom is -0.340 e. The molecule has 2 unspecified atom stereocenters. The maximum atomic E-state index is 12.1. The smallest absolute Gasteiger partial charge is 0.223 e. The Labute approximate surface area is 117 Å². The number of hydrogen-bond acceptors (Lipinski definition) is 3. The van der Waals surface area contributed by atoms with Crippen LogP contribution in [0.15, 0.2) is 11.4 Å². The number of halogens is 1. The third-order valence-electron chi connectivity index (χ3n) is 3.12. The van der Waals surface area contributed by atoms with Crippen LogP contribution in [0.4, 0.5) is 0 Å².